The second-order valence-corrected chi connectivity index (χ2v) is 8.27. The van der Waals surface area contributed by atoms with E-state index in [9.17, 15) is 9.59 Å². The van der Waals surface area contributed by atoms with Crippen LogP contribution in [0.25, 0.3) is 0 Å². The van der Waals surface area contributed by atoms with Gasteiger partial charge in [-0.25, -0.2) is 4.98 Å². The average molecular weight is 398 g/mol. The lowest BCUT2D eigenvalue weighted by atomic mass is 10.0. The minimum atomic E-state index is -0.284. The van der Waals surface area contributed by atoms with E-state index in [2.05, 4.69) is 27.1 Å². The fourth-order valence-electron chi connectivity index (χ4n) is 3.30. The van der Waals surface area contributed by atoms with Crippen LogP contribution in [0.2, 0.25) is 0 Å². The fraction of sp³-hybridized carbons (Fsp3) is 0.250. The van der Waals surface area contributed by atoms with Crippen LogP contribution in [0.15, 0.2) is 46.5 Å². The summed E-state index contributed by atoms with van der Waals surface area (Å²) in [5, 5.41) is 13.0. The Kier molecular flexibility index (Phi) is 5.05. The summed E-state index contributed by atoms with van der Waals surface area (Å²) in [6.07, 6.45) is 0.920. The van der Waals surface area contributed by atoms with E-state index in [1.807, 2.05) is 35.9 Å². The average Bonchev–Trinajstić information content (AvgIpc) is 3.37. The highest BCUT2D eigenvalue weighted by atomic mass is 32.1. The molecule has 1 aromatic carbocycles. The third-order valence-corrected chi connectivity index (χ3v) is 6.37. The molecule has 1 aliphatic heterocycles. The Bertz CT molecular complexity index is 965. The molecule has 0 radical (unpaired) electrons. The van der Waals surface area contributed by atoms with E-state index in [1.165, 1.54) is 5.56 Å². The number of hydrogen-bond donors (Lipinski definition) is 2. The van der Waals surface area contributed by atoms with Gasteiger partial charge < -0.3 is 10.6 Å². The van der Waals surface area contributed by atoms with Crippen molar-refractivity contribution in [1.29, 1.82) is 0 Å². The minimum absolute atomic E-state index is 0.0925. The lowest BCUT2D eigenvalue weighted by Gasteiger charge is -2.18. The van der Waals surface area contributed by atoms with Crippen molar-refractivity contribution in [2.24, 2.45) is 0 Å². The number of nitrogens with zero attached hydrogens (tertiary/aromatic N) is 1. The van der Waals surface area contributed by atoms with Crippen LogP contribution < -0.4 is 10.6 Å². The normalized spacial score (nSPS) is 16.6. The largest absolute Gasteiger partial charge is 0.346 e. The van der Waals surface area contributed by atoms with Crippen molar-refractivity contribution in [2.45, 2.75) is 31.8 Å². The number of fused-ring (bicyclic) bond motifs is 1. The fourth-order valence-corrected chi connectivity index (χ4v) is 4.83. The number of amides is 2. The molecule has 4 rings (SSSR count). The predicted octanol–water partition coefficient (Wildman–Crippen LogP) is 3.79. The van der Waals surface area contributed by atoms with Gasteiger partial charge in [0.05, 0.1) is 18.5 Å². The van der Waals surface area contributed by atoms with Crippen LogP contribution in [0.1, 0.15) is 50.7 Å². The van der Waals surface area contributed by atoms with Crippen molar-refractivity contribution in [3.63, 3.8) is 0 Å². The quantitative estimate of drug-likeness (QED) is 0.665. The molecule has 2 amide bonds. The number of aryl methyl sites for hydroxylation is 1. The Labute approximate surface area is 165 Å². The summed E-state index contributed by atoms with van der Waals surface area (Å²) in [5.41, 5.74) is 3.67. The number of carbonyl (C=O) groups is 2. The standard InChI is InChI=1S/C20H19N3O2S2/c1-12-10-27-20(21-12)17(8-13-6-7-26-11-13)22-18(24)9-16-14-4-2-3-5-15(14)19(25)23-16/h2-7,10-11,16-17H,8-9H2,1H3,(H,22,24)(H,23,25). The van der Waals surface area contributed by atoms with Gasteiger partial charge in [0.25, 0.3) is 5.91 Å². The lowest BCUT2D eigenvalue weighted by Crippen LogP contribution is -2.33. The third-order valence-electron chi connectivity index (χ3n) is 4.57. The maximum Gasteiger partial charge on any atom is 0.252 e. The highest BCUT2D eigenvalue weighted by Gasteiger charge is 2.30. The molecule has 0 saturated carbocycles. The van der Waals surface area contributed by atoms with Gasteiger partial charge in [-0.05, 0) is 40.9 Å². The number of rotatable bonds is 6. The number of hydrogen-bond acceptors (Lipinski definition) is 5. The van der Waals surface area contributed by atoms with Crippen molar-refractivity contribution >= 4 is 34.5 Å². The topological polar surface area (TPSA) is 71.1 Å². The van der Waals surface area contributed by atoms with Gasteiger partial charge in [0.15, 0.2) is 0 Å². The van der Waals surface area contributed by atoms with Gasteiger partial charge in [0.1, 0.15) is 5.01 Å². The molecule has 0 spiro atoms. The van der Waals surface area contributed by atoms with Crippen LogP contribution in [0, 0.1) is 6.92 Å². The van der Waals surface area contributed by atoms with Gasteiger partial charge in [-0.3, -0.25) is 9.59 Å². The second-order valence-electron chi connectivity index (χ2n) is 6.60. The van der Waals surface area contributed by atoms with E-state index in [4.69, 9.17) is 0 Å². The number of thiophene rings is 1. The molecule has 0 bridgehead atoms. The molecule has 27 heavy (non-hydrogen) atoms. The Hall–Kier alpha value is -2.51. The van der Waals surface area contributed by atoms with Gasteiger partial charge in [-0.1, -0.05) is 18.2 Å². The summed E-state index contributed by atoms with van der Waals surface area (Å²) in [5.74, 6) is -0.209. The third kappa shape index (κ3) is 3.94. The molecular formula is C20H19N3O2S2. The van der Waals surface area contributed by atoms with Gasteiger partial charge >= 0.3 is 0 Å². The number of thiazole rings is 1. The first kappa shape index (κ1) is 17.9. The van der Waals surface area contributed by atoms with E-state index in [-0.39, 0.29) is 30.3 Å². The molecule has 7 heteroatoms. The molecule has 3 heterocycles. The van der Waals surface area contributed by atoms with Crippen LogP contribution in [-0.4, -0.2) is 16.8 Å². The maximum atomic E-state index is 12.8. The van der Waals surface area contributed by atoms with E-state index >= 15 is 0 Å². The summed E-state index contributed by atoms with van der Waals surface area (Å²) >= 11 is 3.20. The minimum Gasteiger partial charge on any atom is -0.346 e. The Balaban J connectivity index is 1.48. The van der Waals surface area contributed by atoms with Gasteiger partial charge in [-0.2, -0.15) is 11.3 Å². The van der Waals surface area contributed by atoms with E-state index in [1.54, 1.807) is 28.7 Å². The van der Waals surface area contributed by atoms with E-state index < -0.39 is 0 Å². The molecule has 1 aliphatic rings. The molecule has 2 unspecified atom stereocenters. The van der Waals surface area contributed by atoms with Crippen LogP contribution in [0.3, 0.4) is 0 Å². The van der Waals surface area contributed by atoms with Crippen LogP contribution in [0.5, 0.6) is 0 Å². The molecule has 5 nitrogen and oxygen atoms in total. The van der Waals surface area contributed by atoms with E-state index in [0.717, 1.165) is 16.3 Å². The predicted molar refractivity (Wildman–Crippen MR) is 107 cm³/mol. The Morgan fingerprint density at radius 2 is 2.15 bits per heavy atom. The van der Waals surface area contributed by atoms with Crippen molar-refractivity contribution < 1.29 is 9.59 Å². The van der Waals surface area contributed by atoms with Crippen LogP contribution in [-0.2, 0) is 11.2 Å². The SMILES string of the molecule is Cc1csc(C(Cc2ccsc2)NC(=O)CC2NC(=O)c3ccccc32)n1. The van der Waals surface area contributed by atoms with Crippen molar-refractivity contribution in [2.75, 3.05) is 0 Å². The zero-order chi connectivity index (χ0) is 18.8. The monoisotopic (exact) mass is 397 g/mol. The molecule has 2 aromatic heterocycles. The summed E-state index contributed by atoms with van der Waals surface area (Å²) in [7, 11) is 0. The van der Waals surface area contributed by atoms with Gasteiger partial charge in [0, 0.05) is 23.1 Å². The number of nitrogens with one attached hydrogen (secondary N) is 2. The van der Waals surface area contributed by atoms with Gasteiger partial charge in [-0.15, -0.1) is 11.3 Å². The summed E-state index contributed by atoms with van der Waals surface area (Å²) < 4.78 is 0. The first-order valence-corrected chi connectivity index (χ1v) is 10.5. The molecule has 0 saturated heterocycles. The molecule has 138 valence electrons. The maximum absolute atomic E-state index is 12.8. The molecule has 0 aliphatic carbocycles. The van der Waals surface area contributed by atoms with Crippen LogP contribution >= 0.6 is 22.7 Å². The summed E-state index contributed by atoms with van der Waals surface area (Å²) in [4.78, 5) is 29.4. The molecule has 0 fully saturated rings. The van der Waals surface area contributed by atoms with Crippen molar-refractivity contribution in [3.05, 3.63) is 73.9 Å². The lowest BCUT2D eigenvalue weighted by molar-refractivity contribution is -0.122. The Morgan fingerprint density at radius 3 is 2.89 bits per heavy atom. The molecule has 2 atom stereocenters. The van der Waals surface area contributed by atoms with Crippen molar-refractivity contribution in [3.8, 4) is 0 Å². The Morgan fingerprint density at radius 1 is 1.30 bits per heavy atom. The summed E-state index contributed by atoms with van der Waals surface area (Å²) in [6, 6.07) is 9.03. The van der Waals surface area contributed by atoms with Crippen LogP contribution in [0.4, 0.5) is 0 Å². The highest BCUT2D eigenvalue weighted by Crippen LogP contribution is 2.28. The van der Waals surface area contributed by atoms with Gasteiger partial charge in [0.2, 0.25) is 5.91 Å². The van der Waals surface area contributed by atoms with E-state index in [0.29, 0.717) is 12.0 Å². The first-order chi connectivity index (χ1) is 13.1. The number of benzene rings is 1. The highest BCUT2D eigenvalue weighted by molar-refractivity contribution is 7.09. The van der Waals surface area contributed by atoms with Crippen molar-refractivity contribution in [1.82, 2.24) is 15.6 Å². The number of carbonyl (C=O) groups excluding carboxylic acids is 2. The molecule has 2 N–H and O–H groups in total. The first-order valence-electron chi connectivity index (χ1n) is 8.72. The smallest absolute Gasteiger partial charge is 0.252 e. The zero-order valence-corrected chi connectivity index (χ0v) is 16.4. The zero-order valence-electron chi connectivity index (χ0n) is 14.8. The summed E-state index contributed by atoms with van der Waals surface area (Å²) in [6.45, 7) is 1.95. The second kappa shape index (κ2) is 7.62. The number of aromatic nitrogens is 1. The molecule has 3 aromatic rings. The molecular weight excluding hydrogens is 378 g/mol.